The monoisotopic (exact) mass is 264 g/mol. The molecule has 2 N–H and O–H groups in total. The van der Waals surface area contributed by atoms with E-state index in [4.69, 9.17) is 4.42 Å². The molecule has 0 amide bonds. The number of anilines is 2. The molecule has 5 nitrogen and oxygen atoms in total. The van der Waals surface area contributed by atoms with Crippen LogP contribution in [0.5, 0.6) is 0 Å². The molecule has 2 aromatic heterocycles. The standard InChI is InChI=1S/C13H17FN4O/c1-4-15-13-16-7-10(14)12(18-13)17-9(3)11-6-5-8(2)19-11/h5-7,9H,4H2,1-3H3,(H2,15,16,17,18). The van der Waals surface area contributed by atoms with Crippen molar-refractivity contribution < 1.29 is 8.81 Å². The number of aryl methyl sites for hydroxylation is 1. The molecule has 6 heteroatoms. The fourth-order valence-corrected chi connectivity index (χ4v) is 1.67. The molecule has 0 bridgehead atoms. The minimum absolute atomic E-state index is 0.160. The maximum Gasteiger partial charge on any atom is 0.224 e. The molecular formula is C13H17FN4O. The number of nitrogens with zero attached hydrogens (tertiary/aromatic N) is 2. The van der Waals surface area contributed by atoms with Gasteiger partial charge in [-0.2, -0.15) is 4.98 Å². The lowest BCUT2D eigenvalue weighted by Crippen LogP contribution is -2.11. The van der Waals surface area contributed by atoms with Crippen molar-refractivity contribution in [3.8, 4) is 0 Å². The van der Waals surface area contributed by atoms with Gasteiger partial charge in [-0.15, -0.1) is 0 Å². The maximum atomic E-state index is 13.6. The molecule has 2 rings (SSSR count). The highest BCUT2D eigenvalue weighted by molar-refractivity contribution is 5.42. The highest BCUT2D eigenvalue weighted by atomic mass is 19.1. The lowest BCUT2D eigenvalue weighted by molar-refractivity contribution is 0.465. The second-order valence-electron chi connectivity index (χ2n) is 4.23. The Bertz CT molecular complexity index is 555. The molecule has 19 heavy (non-hydrogen) atoms. The van der Waals surface area contributed by atoms with E-state index in [0.717, 1.165) is 17.7 Å². The number of hydrogen-bond donors (Lipinski definition) is 2. The Labute approximate surface area is 111 Å². The molecule has 2 heterocycles. The van der Waals surface area contributed by atoms with Gasteiger partial charge in [-0.3, -0.25) is 0 Å². The molecule has 0 aliphatic carbocycles. The molecule has 0 aliphatic rings. The molecule has 0 aromatic carbocycles. The Balaban J connectivity index is 2.15. The number of rotatable bonds is 5. The highest BCUT2D eigenvalue weighted by Crippen LogP contribution is 2.22. The summed E-state index contributed by atoms with van der Waals surface area (Å²) in [5.74, 6) is 1.62. The van der Waals surface area contributed by atoms with Crippen LogP contribution in [0.1, 0.15) is 31.4 Å². The molecule has 102 valence electrons. The molecule has 2 aromatic rings. The average molecular weight is 264 g/mol. The third kappa shape index (κ3) is 3.21. The van der Waals surface area contributed by atoms with Crippen molar-refractivity contribution in [3.05, 3.63) is 35.7 Å². The van der Waals surface area contributed by atoms with Gasteiger partial charge in [-0.1, -0.05) is 0 Å². The van der Waals surface area contributed by atoms with Crippen molar-refractivity contribution in [1.29, 1.82) is 0 Å². The summed E-state index contributed by atoms with van der Waals surface area (Å²) in [5.41, 5.74) is 0. The SMILES string of the molecule is CCNc1ncc(F)c(NC(C)c2ccc(C)o2)n1. The summed E-state index contributed by atoms with van der Waals surface area (Å²) in [4.78, 5) is 7.94. The summed E-state index contributed by atoms with van der Waals surface area (Å²) in [5, 5.41) is 5.92. The van der Waals surface area contributed by atoms with E-state index in [1.807, 2.05) is 32.9 Å². The lowest BCUT2D eigenvalue weighted by atomic mass is 10.2. The zero-order valence-electron chi connectivity index (χ0n) is 11.2. The molecule has 0 radical (unpaired) electrons. The van der Waals surface area contributed by atoms with Crippen molar-refractivity contribution in [2.45, 2.75) is 26.8 Å². The zero-order chi connectivity index (χ0) is 13.8. The quantitative estimate of drug-likeness (QED) is 0.868. The third-order valence-corrected chi connectivity index (χ3v) is 2.62. The number of furan rings is 1. The minimum Gasteiger partial charge on any atom is -0.464 e. The summed E-state index contributed by atoms with van der Waals surface area (Å²) in [6.45, 7) is 6.35. The number of hydrogen-bond acceptors (Lipinski definition) is 5. The smallest absolute Gasteiger partial charge is 0.224 e. The van der Waals surface area contributed by atoms with Gasteiger partial charge in [-0.25, -0.2) is 9.37 Å². The maximum absolute atomic E-state index is 13.6. The van der Waals surface area contributed by atoms with E-state index in [1.54, 1.807) is 0 Å². The van der Waals surface area contributed by atoms with Gasteiger partial charge in [-0.05, 0) is 32.9 Å². The van der Waals surface area contributed by atoms with Gasteiger partial charge in [0.05, 0.1) is 12.2 Å². The van der Waals surface area contributed by atoms with Gasteiger partial charge in [0, 0.05) is 6.54 Å². The van der Waals surface area contributed by atoms with Crippen LogP contribution in [0.15, 0.2) is 22.7 Å². The second-order valence-corrected chi connectivity index (χ2v) is 4.23. The van der Waals surface area contributed by atoms with Crippen LogP contribution in [0.25, 0.3) is 0 Å². The fraction of sp³-hybridized carbons (Fsp3) is 0.385. The van der Waals surface area contributed by atoms with Crippen LogP contribution < -0.4 is 10.6 Å². The molecule has 0 saturated heterocycles. The van der Waals surface area contributed by atoms with Gasteiger partial charge in [0.2, 0.25) is 5.95 Å². The summed E-state index contributed by atoms with van der Waals surface area (Å²) < 4.78 is 19.1. The number of aromatic nitrogens is 2. The van der Waals surface area contributed by atoms with Crippen LogP contribution in [-0.2, 0) is 0 Å². The van der Waals surface area contributed by atoms with Crippen LogP contribution in [0.2, 0.25) is 0 Å². The van der Waals surface area contributed by atoms with Crippen molar-refractivity contribution in [2.24, 2.45) is 0 Å². The predicted octanol–water partition coefficient (Wildman–Crippen LogP) is 3.12. The first-order valence-electron chi connectivity index (χ1n) is 6.19. The molecule has 0 aliphatic heterocycles. The first-order valence-corrected chi connectivity index (χ1v) is 6.19. The summed E-state index contributed by atoms with van der Waals surface area (Å²) in [7, 11) is 0. The van der Waals surface area contributed by atoms with Gasteiger partial charge >= 0.3 is 0 Å². The van der Waals surface area contributed by atoms with E-state index in [9.17, 15) is 4.39 Å². The third-order valence-electron chi connectivity index (χ3n) is 2.62. The first kappa shape index (κ1) is 13.3. The van der Waals surface area contributed by atoms with E-state index in [2.05, 4.69) is 20.6 Å². The lowest BCUT2D eigenvalue weighted by Gasteiger charge is -2.13. The van der Waals surface area contributed by atoms with Gasteiger partial charge in [0.1, 0.15) is 11.5 Å². The van der Waals surface area contributed by atoms with E-state index in [0.29, 0.717) is 12.5 Å². The molecular weight excluding hydrogens is 247 g/mol. The number of halogens is 1. The summed E-state index contributed by atoms with van der Waals surface area (Å²) in [6, 6.07) is 3.55. The van der Waals surface area contributed by atoms with E-state index < -0.39 is 5.82 Å². The van der Waals surface area contributed by atoms with Crippen LogP contribution in [0, 0.1) is 12.7 Å². The van der Waals surface area contributed by atoms with Crippen LogP contribution >= 0.6 is 0 Å². The van der Waals surface area contributed by atoms with Gasteiger partial charge < -0.3 is 15.1 Å². The Hall–Kier alpha value is -2.11. The van der Waals surface area contributed by atoms with Gasteiger partial charge in [0.25, 0.3) is 0 Å². The highest BCUT2D eigenvalue weighted by Gasteiger charge is 2.13. The summed E-state index contributed by atoms with van der Waals surface area (Å²) in [6.07, 6.45) is 1.15. The van der Waals surface area contributed by atoms with Crippen LogP contribution in [0.4, 0.5) is 16.2 Å². The second kappa shape index (κ2) is 5.69. The van der Waals surface area contributed by atoms with E-state index >= 15 is 0 Å². The van der Waals surface area contributed by atoms with Crippen LogP contribution in [-0.4, -0.2) is 16.5 Å². The Morgan fingerprint density at radius 1 is 1.42 bits per heavy atom. The Morgan fingerprint density at radius 3 is 2.84 bits per heavy atom. The first-order chi connectivity index (χ1) is 9.10. The van der Waals surface area contributed by atoms with E-state index in [-0.39, 0.29) is 11.9 Å². The summed E-state index contributed by atoms with van der Waals surface area (Å²) >= 11 is 0. The zero-order valence-corrected chi connectivity index (χ0v) is 11.2. The Kier molecular flexibility index (Phi) is 3.99. The van der Waals surface area contributed by atoms with Crippen molar-refractivity contribution in [1.82, 2.24) is 9.97 Å². The van der Waals surface area contributed by atoms with Gasteiger partial charge in [0.15, 0.2) is 11.6 Å². The van der Waals surface area contributed by atoms with Crippen molar-refractivity contribution in [2.75, 3.05) is 17.2 Å². The molecule has 1 unspecified atom stereocenters. The Morgan fingerprint density at radius 2 is 2.21 bits per heavy atom. The topological polar surface area (TPSA) is 63.0 Å². The molecule has 1 atom stereocenters. The average Bonchev–Trinajstić information content (AvgIpc) is 2.80. The molecule has 0 saturated carbocycles. The number of nitrogens with one attached hydrogen (secondary N) is 2. The van der Waals surface area contributed by atoms with Crippen molar-refractivity contribution >= 4 is 11.8 Å². The minimum atomic E-state index is -0.489. The largest absolute Gasteiger partial charge is 0.464 e. The van der Waals surface area contributed by atoms with E-state index in [1.165, 1.54) is 0 Å². The normalized spacial score (nSPS) is 12.2. The van der Waals surface area contributed by atoms with Crippen molar-refractivity contribution in [3.63, 3.8) is 0 Å². The fourth-order valence-electron chi connectivity index (χ4n) is 1.67. The van der Waals surface area contributed by atoms with Crippen LogP contribution in [0.3, 0.4) is 0 Å². The predicted molar refractivity (Wildman–Crippen MR) is 71.6 cm³/mol. The molecule has 0 spiro atoms. The molecule has 0 fully saturated rings.